The van der Waals surface area contributed by atoms with Gasteiger partial charge in [0.1, 0.15) is 18.1 Å². The number of aromatic nitrogens is 2. The SMILES string of the molecule is CCNC(=NCc1nccn1Cc1ccccc1)NCCCCc1ccc(OC)cc1.I. The molecule has 3 rings (SSSR count). The highest BCUT2D eigenvalue weighted by molar-refractivity contribution is 14.0. The molecule has 172 valence electrons. The van der Waals surface area contributed by atoms with Crippen LogP contribution in [0.25, 0.3) is 0 Å². The fraction of sp³-hybridized carbons (Fsp3) is 0.360. The summed E-state index contributed by atoms with van der Waals surface area (Å²) in [5.41, 5.74) is 2.60. The van der Waals surface area contributed by atoms with Crippen molar-refractivity contribution in [3.05, 3.63) is 83.9 Å². The Morgan fingerprint density at radius 2 is 1.78 bits per heavy atom. The molecule has 0 radical (unpaired) electrons. The maximum Gasteiger partial charge on any atom is 0.191 e. The molecule has 0 bridgehead atoms. The van der Waals surface area contributed by atoms with Gasteiger partial charge in [0.15, 0.2) is 5.96 Å². The van der Waals surface area contributed by atoms with Crippen molar-refractivity contribution in [2.75, 3.05) is 20.2 Å². The van der Waals surface area contributed by atoms with Gasteiger partial charge in [0.05, 0.1) is 7.11 Å². The Labute approximate surface area is 208 Å². The van der Waals surface area contributed by atoms with E-state index in [9.17, 15) is 0 Å². The molecule has 32 heavy (non-hydrogen) atoms. The molecule has 0 amide bonds. The van der Waals surface area contributed by atoms with Crippen LogP contribution in [-0.2, 0) is 19.5 Å². The first kappa shape index (κ1) is 25.7. The molecule has 0 aliphatic carbocycles. The Morgan fingerprint density at radius 1 is 1.00 bits per heavy atom. The second kappa shape index (κ2) is 14.5. The smallest absolute Gasteiger partial charge is 0.191 e. The summed E-state index contributed by atoms with van der Waals surface area (Å²) >= 11 is 0. The third-order valence-electron chi connectivity index (χ3n) is 5.06. The number of rotatable bonds is 11. The second-order valence-electron chi connectivity index (χ2n) is 7.38. The van der Waals surface area contributed by atoms with Crippen LogP contribution in [0.2, 0.25) is 0 Å². The molecule has 0 atom stereocenters. The highest BCUT2D eigenvalue weighted by Crippen LogP contribution is 2.13. The average molecular weight is 547 g/mol. The minimum atomic E-state index is 0. The summed E-state index contributed by atoms with van der Waals surface area (Å²) in [5.74, 6) is 2.70. The van der Waals surface area contributed by atoms with Crippen LogP contribution < -0.4 is 15.4 Å². The van der Waals surface area contributed by atoms with Crippen LogP contribution >= 0.6 is 24.0 Å². The molecular weight excluding hydrogens is 513 g/mol. The summed E-state index contributed by atoms with van der Waals surface area (Å²) < 4.78 is 7.36. The maximum atomic E-state index is 5.21. The monoisotopic (exact) mass is 547 g/mol. The Balaban J connectivity index is 0.00000363. The summed E-state index contributed by atoms with van der Waals surface area (Å²) in [6, 6.07) is 18.7. The fourth-order valence-electron chi connectivity index (χ4n) is 3.36. The molecule has 0 saturated carbocycles. The van der Waals surface area contributed by atoms with Gasteiger partial charge in [0.25, 0.3) is 0 Å². The number of hydrogen-bond donors (Lipinski definition) is 2. The van der Waals surface area contributed by atoms with Gasteiger partial charge in [-0.25, -0.2) is 9.98 Å². The molecule has 2 aromatic carbocycles. The van der Waals surface area contributed by atoms with Gasteiger partial charge in [-0.3, -0.25) is 0 Å². The van der Waals surface area contributed by atoms with Crippen molar-refractivity contribution in [3.63, 3.8) is 0 Å². The Bertz CT molecular complexity index is 925. The molecule has 1 heterocycles. The second-order valence-corrected chi connectivity index (χ2v) is 7.38. The first-order chi connectivity index (χ1) is 15.3. The van der Waals surface area contributed by atoms with Crippen LogP contribution in [0.3, 0.4) is 0 Å². The van der Waals surface area contributed by atoms with Crippen LogP contribution in [0.5, 0.6) is 5.75 Å². The molecule has 7 heteroatoms. The molecule has 0 fully saturated rings. The van der Waals surface area contributed by atoms with Crippen LogP contribution in [0.15, 0.2) is 72.0 Å². The van der Waals surface area contributed by atoms with Crippen molar-refractivity contribution in [1.29, 1.82) is 0 Å². The number of guanidine groups is 1. The zero-order chi connectivity index (χ0) is 21.7. The summed E-state index contributed by atoms with van der Waals surface area (Å²) in [6.45, 7) is 5.15. The van der Waals surface area contributed by atoms with Crippen molar-refractivity contribution in [2.24, 2.45) is 4.99 Å². The van der Waals surface area contributed by atoms with Gasteiger partial charge in [-0.2, -0.15) is 0 Å². The van der Waals surface area contributed by atoms with E-state index in [1.54, 1.807) is 7.11 Å². The Kier molecular flexibility index (Phi) is 11.6. The summed E-state index contributed by atoms with van der Waals surface area (Å²) in [4.78, 5) is 9.22. The average Bonchev–Trinajstić information content (AvgIpc) is 3.25. The first-order valence-electron chi connectivity index (χ1n) is 11.0. The van der Waals surface area contributed by atoms with E-state index in [1.165, 1.54) is 11.1 Å². The maximum absolute atomic E-state index is 5.21. The molecular formula is C25H34IN5O. The molecule has 0 aliphatic heterocycles. The number of aryl methyl sites for hydroxylation is 1. The zero-order valence-electron chi connectivity index (χ0n) is 19.0. The fourth-order valence-corrected chi connectivity index (χ4v) is 3.36. The summed E-state index contributed by atoms with van der Waals surface area (Å²) in [7, 11) is 1.70. The third-order valence-corrected chi connectivity index (χ3v) is 5.06. The quantitative estimate of drug-likeness (QED) is 0.159. The van der Waals surface area contributed by atoms with Crippen molar-refractivity contribution < 1.29 is 4.74 Å². The zero-order valence-corrected chi connectivity index (χ0v) is 21.3. The van der Waals surface area contributed by atoms with Crippen molar-refractivity contribution >= 4 is 29.9 Å². The Morgan fingerprint density at radius 3 is 2.50 bits per heavy atom. The minimum absolute atomic E-state index is 0. The lowest BCUT2D eigenvalue weighted by molar-refractivity contribution is 0.414. The largest absolute Gasteiger partial charge is 0.497 e. The lowest BCUT2D eigenvalue weighted by Crippen LogP contribution is -2.37. The molecule has 0 saturated heterocycles. The molecule has 1 aromatic heterocycles. The molecule has 6 nitrogen and oxygen atoms in total. The summed E-state index contributed by atoms with van der Waals surface area (Å²) in [5, 5.41) is 6.76. The van der Waals surface area contributed by atoms with Gasteiger partial charge in [0.2, 0.25) is 0 Å². The van der Waals surface area contributed by atoms with Crippen LogP contribution in [0.1, 0.15) is 36.7 Å². The lowest BCUT2D eigenvalue weighted by Gasteiger charge is -2.12. The van der Waals surface area contributed by atoms with Gasteiger partial charge in [-0.05, 0) is 49.4 Å². The number of imidazole rings is 1. The predicted octanol–water partition coefficient (Wildman–Crippen LogP) is 4.64. The Hall–Kier alpha value is -2.55. The lowest BCUT2D eigenvalue weighted by atomic mass is 10.1. The molecule has 3 aromatic rings. The number of benzene rings is 2. The van der Waals surface area contributed by atoms with Gasteiger partial charge >= 0.3 is 0 Å². The van der Waals surface area contributed by atoms with E-state index < -0.39 is 0 Å². The standard InChI is InChI=1S/C25H33N5O.HI/c1-3-26-25(28-16-8-7-9-21-12-14-23(31-2)15-13-21)29-19-24-27-17-18-30(24)20-22-10-5-4-6-11-22;/h4-6,10-15,17-18H,3,7-9,16,19-20H2,1-2H3,(H2,26,28,29);1H. The van der Waals surface area contributed by atoms with Crippen molar-refractivity contribution in [2.45, 2.75) is 39.3 Å². The van der Waals surface area contributed by atoms with Gasteiger partial charge in [-0.1, -0.05) is 42.5 Å². The van der Waals surface area contributed by atoms with Crippen molar-refractivity contribution in [3.8, 4) is 5.75 Å². The number of nitrogens with zero attached hydrogens (tertiary/aromatic N) is 3. The third kappa shape index (κ3) is 8.53. The van der Waals surface area contributed by atoms with Gasteiger partial charge in [-0.15, -0.1) is 24.0 Å². The van der Waals surface area contributed by atoms with E-state index in [0.717, 1.165) is 56.4 Å². The normalized spacial score (nSPS) is 11.0. The number of halogens is 1. The topological polar surface area (TPSA) is 63.5 Å². The predicted molar refractivity (Wildman–Crippen MR) is 142 cm³/mol. The van der Waals surface area contributed by atoms with Gasteiger partial charge in [0, 0.05) is 32.0 Å². The number of hydrogen-bond acceptors (Lipinski definition) is 3. The summed E-state index contributed by atoms with van der Waals surface area (Å²) in [6.07, 6.45) is 7.13. The first-order valence-corrected chi connectivity index (χ1v) is 11.0. The number of aliphatic imine (C=N–C) groups is 1. The highest BCUT2D eigenvalue weighted by Gasteiger charge is 2.04. The van der Waals surface area contributed by atoms with Gasteiger partial charge < -0.3 is 19.9 Å². The highest BCUT2D eigenvalue weighted by atomic mass is 127. The molecule has 2 N–H and O–H groups in total. The number of ether oxygens (including phenoxy) is 1. The van der Waals surface area contributed by atoms with Crippen LogP contribution in [0, 0.1) is 0 Å². The van der Waals surface area contributed by atoms with Crippen LogP contribution in [0.4, 0.5) is 0 Å². The molecule has 0 unspecified atom stereocenters. The van der Waals surface area contributed by atoms with E-state index >= 15 is 0 Å². The minimum Gasteiger partial charge on any atom is -0.497 e. The molecule has 0 spiro atoms. The number of nitrogens with one attached hydrogen (secondary N) is 2. The van der Waals surface area contributed by atoms with E-state index in [2.05, 4.69) is 63.5 Å². The van der Waals surface area contributed by atoms with E-state index in [0.29, 0.717) is 6.54 Å². The van der Waals surface area contributed by atoms with Crippen molar-refractivity contribution in [1.82, 2.24) is 20.2 Å². The van der Waals surface area contributed by atoms with E-state index in [-0.39, 0.29) is 24.0 Å². The number of methoxy groups -OCH3 is 1. The van der Waals surface area contributed by atoms with E-state index in [1.807, 2.05) is 30.6 Å². The van der Waals surface area contributed by atoms with Crippen LogP contribution in [-0.4, -0.2) is 35.7 Å². The number of unbranched alkanes of at least 4 members (excludes halogenated alkanes) is 1. The van der Waals surface area contributed by atoms with E-state index in [4.69, 9.17) is 9.73 Å². The molecule has 0 aliphatic rings.